The second kappa shape index (κ2) is 6.83. The number of hydrogen-bond acceptors (Lipinski definition) is 2. The molecule has 1 atom stereocenters. The predicted molar refractivity (Wildman–Crippen MR) is 60.5 cm³/mol. The van der Waals surface area contributed by atoms with Crippen molar-refractivity contribution in [2.24, 2.45) is 5.92 Å². The monoisotopic (exact) mass is 213 g/mol. The van der Waals surface area contributed by atoms with Gasteiger partial charge in [-0.2, -0.15) is 0 Å². The standard InChI is InChI=1S/C12H23NO2/c1-10(11-6-2-3-7-11)13-12(15)8-4-5-9-14/h10-11,14H,2-9H2,1H3,(H,13,15). The maximum absolute atomic E-state index is 11.5. The van der Waals surface area contributed by atoms with Crippen molar-refractivity contribution in [3.05, 3.63) is 0 Å². The van der Waals surface area contributed by atoms with Crippen molar-refractivity contribution in [2.45, 2.75) is 57.9 Å². The maximum Gasteiger partial charge on any atom is 0.220 e. The van der Waals surface area contributed by atoms with Crippen molar-refractivity contribution in [1.29, 1.82) is 0 Å². The van der Waals surface area contributed by atoms with Gasteiger partial charge in [0.1, 0.15) is 0 Å². The van der Waals surface area contributed by atoms with Gasteiger partial charge in [-0.25, -0.2) is 0 Å². The van der Waals surface area contributed by atoms with Crippen LogP contribution in [0.3, 0.4) is 0 Å². The van der Waals surface area contributed by atoms with Crippen LogP contribution in [0.15, 0.2) is 0 Å². The maximum atomic E-state index is 11.5. The van der Waals surface area contributed by atoms with E-state index in [4.69, 9.17) is 5.11 Å². The molecule has 1 amide bonds. The zero-order valence-corrected chi connectivity index (χ0v) is 9.67. The molecule has 0 bridgehead atoms. The Morgan fingerprint density at radius 2 is 2.07 bits per heavy atom. The Morgan fingerprint density at radius 1 is 1.40 bits per heavy atom. The first-order valence-corrected chi connectivity index (χ1v) is 6.14. The van der Waals surface area contributed by atoms with Crippen molar-refractivity contribution >= 4 is 5.91 Å². The van der Waals surface area contributed by atoms with Crippen LogP contribution in [0.25, 0.3) is 0 Å². The first-order valence-electron chi connectivity index (χ1n) is 6.14. The number of hydrogen-bond donors (Lipinski definition) is 2. The lowest BCUT2D eigenvalue weighted by Crippen LogP contribution is -2.37. The van der Waals surface area contributed by atoms with Gasteiger partial charge in [-0.1, -0.05) is 12.8 Å². The molecule has 1 aliphatic carbocycles. The smallest absolute Gasteiger partial charge is 0.220 e. The third-order valence-corrected chi connectivity index (χ3v) is 3.31. The van der Waals surface area contributed by atoms with Gasteiger partial charge in [0.15, 0.2) is 0 Å². The predicted octanol–water partition coefficient (Wildman–Crippen LogP) is 1.84. The molecule has 0 heterocycles. The van der Waals surface area contributed by atoms with E-state index < -0.39 is 0 Å². The molecule has 0 aromatic rings. The first-order chi connectivity index (χ1) is 7.24. The molecule has 3 nitrogen and oxygen atoms in total. The SMILES string of the molecule is CC(NC(=O)CCCCO)C1CCCC1. The van der Waals surface area contributed by atoms with Gasteiger partial charge in [0.25, 0.3) is 0 Å². The number of unbranched alkanes of at least 4 members (excludes halogenated alkanes) is 1. The average Bonchev–Trinajstić information content (AvgIpc) is 2.70. The second-order valence-electron chi connectivity index (χ2n) is 4.58. The van der Waals surface area contributed by atoms with E-state index in [1.165, 1.54) is 25.7 Å². The zero-order chi connectivity index (χ0) is 11.1. The van der Waals surface area contributed by atoms with Gasteiger partial charge in [-0.15, -0.1) is 0 Å². The summed E-state index contributed by atoms with van der Waals surface area (Å²) in [6, 6.07) is 0.328. The Morgan fingerprint density at radius 3 is 2.67 bits per heavy atom. The molecule has 1 fully saturated rings. The summed E-state index contributed by atoms with van der Waals surface area (Å²) in [5.74, 6) is 0.828. The summed E-state index contributed by atoms with van der Waals surface area (Å²) in [5.41, 5.74) is 0. The lowest BCUT2D eigenvalue weighted by molar-refractivity contribution is -0.122. The van der Waals surface area contributed by atoms with Crippen LogP contribution < -0.4 is 5.32 Å². The van der Waals surface area contributed by atoms with Crippen molar-refractivity contribution in [2.75, 3.05) is 6.61 Å². The molecule has 0 spiro atoms. The molecule has 1 rings (SSSR count). The van der Waals surface area contributed by atoms with Crippen LogP contribution >= 0.6 is 0 Å². The van der Waals surface area contributed by atoms with Gasteiger partial charge in [-0.05, 0) is 38.5 Å². The molecular weight excluding hydrogens is 190 g/mol. The number of nitrogens with one attached hydrogen (secondary N) is 1. The molecule has 3 heteroatoms. The zero-order valence-electron chi connectivity index (χ0n) is 9.67. The highest BCUT2D eigenvalue weighted by molar-refractivity contribution is 5.76. The Balaban J connectivity index is 2.13. The number of amides is 1. The molecule has 2 N–H and O–H groups in total. The van der Waals surface area contributed by atoms with Gasteiger partial charge in [-0.3, -0.25) is 4.79 Å². The van der Waals surface area contributed by atoms with Crippen LogP contribution in [0, 0.1) is 5.92 Å². The number of carbonyl (C=O) groups excluding carboxylic acids is 1. The third kappa shape index (κ3) is 4.65. The van der Waals surface area contributed by atoms with E-state index >= 15 is 0 Å². The first kappa shape index (κ1) is 12.5. The van der Waals surface area contributed by atoms with Crippen LogP contribution in [-0.4, -0.2) is 23.7 Å². The molecule has 0 aliphatic heterocycles. The van der Waals surface area contributed by atoms with Gasteiger partial charge in [0.2, 0.25) is 5.91 Å². The third-order valence-electron chi connectivity index (χ3n) is 3.31. The number of rotatable bonds is 6. The molecule has 0 aromatic heterocycles. The highest BCUT2D eigenvalue weighted by Gasteiger charge is 2.22. The highest BCUT2D eigenvalue weighted by atomic mass is 16.2. The molecule has 0 aromatic carbocycles. The number of carbonyl (C=O) groups is 1. The van der Waals surface area contributed by atoms with Crippen LogP contribution in [-0.2, 0) is 4.79 Å². The largest absolute Gasteiger partial charge is 0.396 e. The Kier molecular flexibility index (Phi) is 5.69. The van der Waals surface area contributed by atoms with Crippen molar-refractivity contribution in [1.82, 2.24) is 5.32 Å². The molecule has 1 aliphatic rings. The minimum absolute atomic E-state index is 0.142. The molecule has 1 saturated carbocycles. The Bertz CT molecular complexity index is 188. The fraction of sp³-hybridized carbons (Fsp3) is 0.917. The normalized spacial score (nSPS) is 19.1. The van der Waals surface area contributed by atoms with E-state index in [1.54, 1.807) is 0 Å². The Labute approximate surface area is 92.3 Å². The van der Waals surface area contributed by atoms with Gasteiger partial charge < -0.3 is 10.4 Å². The summed E-state index contributed by atoms with van der Waals surface area (Å²) >= 11 is 0. The minimum atomic E-state index is 0.142. The summed E-state index contributed by atoms with van der Waals surface area (Å²) in [6.07, 6.45) is 7.23. The summed E-state index contributed by atoms with van der Waals surface area (Å²) in [5, 5.41) is 11.7. The molecular formula is C12H23NO2. The molecule has 88 valence electrons. The van der Waals surface area contributed by atoms with E-state index in [1.807, 2.05) is 0 Å². The lowest BCUT2D eigenvalue weighted by atomic mass is 9.99. The van der Waals surface area contributed by atoms with Crippen LogP contribution in [0.1, 0.15) is 51.9 Å². The van der Waals surface area contributed by atoms with Crippen LogP contribution in [0.2, 0.25) is 0 Å². The lowest BCUT2D eigenvalue weighted by Gasteiger charge is -2.20. The van der Waals surface area contributed by atoms with Gasteiger partial charge in [0, 0.05) is 19.1 Å². The minimum Gasteiger partial charge on any atom is -0.396 e. The van der Waals surface area contributed by atoms with Crippen molar-refractivity contribution < 1.29 is 9.90 Å². The second-order valence-corrected chi connectivity index (χ2v) is 4.58. The fourth-order valence-electron chi connectivity index (χ4n) is 2.30. The number of aliphatic hydroxyl groups is 1. The fourth-order valence-corrected chi connectivity index (χ4v) is 2.30. The number of aliphatic hydroxyl groups excluding tert-OH is 1. The molecule has 0 saturated heterocycles. The van der Waals surface area contributed by atoms with Crippen LogP contribution in [0.5, 0.6) is 0 Å². The molecule has 1 unspecified atom stereocenters. The van der Waals surface area contributed by atoms with E-state index in [-0.39, 0.29) is 12.5 Å². The van der Waals surface area contributed by atoms with E-state index in [9.17, 15) is 4.79 Å². The molecule has 15 heavy (non-hydrogen) atoms. The quantitative estimate of drug-likeness (QED) is 0.661. The summed E-state index contributed by atoms with van der Waals surface area (Å²) in [7, 11) is 0. The molecule has 0 radical (unpaired) electrons. The van der Waals surface area contributed by atoms with Crippen molar-refractivity contribution in [3.8, 4) is 0 Å². The van der Waals surface area contributed by atoms with E-state index in [2.05, 4.69) is 12.2 Å². The van der Waals surface area contributed by atoms with E-state index in [0.717, 1.165) is 12.8 Å². The van der Waals surface area contributed by atoms with E-state index in [0.29, 0.717) is 18.4 Å². The topological polar surface area (TPSA) is 49.3 Å². The van der Waals surface area contributed by atoms with Gasteiger partial charge in [0.05, 0.1) is 0 Å². The summed E-state index contributed by atoms with van der Waals surface area (Å²) < 4.78 is 0. The van der Waals surface area contributed by atoms with Crippen molar-refractivity contribution in [3.63, 3.8) is 0 Å². The summed E-state index contributed by atoms with van der Waals surface area (Å²) in [6.45, 7) is 2.30. The van der Waals surface area contributed by atoms with Crippen LogP contribution in [0.4, 0.5) is 0 Å². The average molecular weight is 213 g/mol. The Hall–Kier alpha value is -0.570. The van der Waals surface area contributed by atoms with Gasteiger partial charge >= 0.3 is 0 Å². The summed E-state index contributed by atoms with van der Waals surface area (Å²) in [4.78, 5) is 11.5. The highest BCUT2D eigenvalue weighted by Crippen LogP contribution is 2.27.